The fourth-order valence-corrected chi connectivity index (χ4v) is 0.942. The van der Waals surface area contributed by atoms with Crippen molar-refractivity contribution in [3.63, 3.8) is 0 Å². The third-order valence-corrected chi connectivity index (χ3v) is 1.62. The third kappa shape index (κ3) is 3.53. The number of rotatable bonds is 5. The molecule has 0 radical (unpaired) electrons. The van der Waals surface area contributed by atoms with Gasteiger partial charge >= 0.3 is 0 Å². The van der Waals surface area contributed by atoms with Crippen LogP contribution in [0.1, 0.15) is 24.6 Å². The number of nitrogens with two attached hydrogens (primary N) is 1. The van der Waals surface area contributed by atoms with Gasteiger partial charge in [0.25, 0.3) is 0 Å². The van der Waals surface area contributed by atoms with E-state index in [2.05, 4.69) is 15.5 Å². The highest BCUT2D eigenvalue weighted by atomic mass is 16.5. The maximum Gasteiger partial charge on any atom is 0.223 e. The summed E-state index contributed by atoms with van der Waals surface area (Å²) in [6, 6.07) is 0. The number of hydrogen-bond acceptors (Lipinski definition) is 5. The van der Waals surface area contributed by atoms with Crippen molar-refractivity contribution in [2.45, 2.75) is 26.3 Å². The molecule has 6 heteroatoms. The van der Waals surface area contributed by atoms with Gasteiger partial charge in [0.2, 0.25) is 11.8 Å². The molecule has 1 aromatic heterocycles. The number of nitrogens with one attached hydrogen (secondary N) is 1. The molecule has 0 atom stereocenters. The predicted octanol–water partition coefficient (Wildman–Crippen LogP) is -0.267. The third-order valence-electron chi connectivity index (χ3n) is 1.62. The van der Waals surface area contributed by atoms with E-state index in [-0.39, 0.29) is 5.91 Å². The lowest BCUT2D eigenvalue weighted by Gasteiger charge is -2.00. The van der Waals surface area contributed by atoms with E-state index in [9.17, 15) is 4.79 Å². The topological polar surface area (TPSA) is 94.0 Å². The highest BCUT2D eigenvalue weighted by Crippen LogP contribution is 1.94. The number of aryl methyl sites for hydroxylation is 1. The van der Waals surface area contributed by atoms with Crippen LogP contribution in [0.4, 0.5) is 0 Å². The summed E-state index contributed by atoms with van der Waals surface area (Å²) < 4.78 is 4.75. The summed E-state index contributed by atoms with van der Waals surface area (Å²) in [6.45, 7) is 2.53. The lowest BCUT2D eigenvalue weighted by molar-refractivity contribution is -0.121. The van der Waals surface area contributed by atoms with Gasteiger partial charge in [-0.05, 0) is 13.0 Å². The number of aromatic nitrogens is 2. The molecule has 0 unspecified atom stereocenters. The van der Waals surface area contributed by atoms with Crippen LogP contribution in [0.3, 0.4) is 0 Å². The van der Waals surface area contributed by atoms with Gasteiger partial charge in [0.05, 0.1) is 6.54 Å². The first-order valence-electron chi connectivity index (χ1n) is 4.48. The summed E-state index contributed by atoms with van der Waals surface area (Å²) in [6.07, 6.45) is 1.13. The molecular formula is C8H14N4O2. The SMILES string of the molecule is Cc1nc(CNC(=O)CCCN)no1. The van der Waals surface area contributed by atoms with Crippen molar-refractivity contribution in [3.05, 3.63) is 11.7 Å². The Balaban J connectivity index is 2.23. The van der Waals surface area contributed by atoms with Crippen molar-refractivity contribution in [1.29, 1.82) is 0 Å². The minimum absolute atomic E-state index is 0.0436. The number of amides is 1. The van der Waals surface area contributed by atoms with Gasteiger partial charge in [-0.15, -0.1) is 0 Å². The molecule has 0 saturated heterocycles. The Hall–Kier alpha value is -1.43. The van der Waals surface area contributed by atoms with Gasteiger partial charge in [0.15, 0.2) is 5.82 Å². The van der Waals surface area contributed by atoms with E-state index in [1.54, 1.807) is 6.92 Å². The molecule has 14 heavy (non-hydrogen) atoms. The highest BCUT2D eigenvalue weighted by Gasteiger charge is 2.04. The van der Waals surface area contributed by atoms with E-state index in [4.69, 9.17) is 10.3 Å². The Bertz CT molecular complexity index is 297. The molecule has 0 saturated carbocycles. The fourth-order valence-electron chi connectivity index (χ4n) is 0.942. The molecule has 0 spiro atoms. The van der Waals surface area contributed by atoms with Crippen LogP contribution in [0.25, 0.3) is 0 Å². The molecule has 1 heterocycles. The molecule has 1 aromatic rings. The van der Waals surface area contributed by atoms with Crippen molar-refractivity contribution in [3.8, 4) is 0 Å². The Morgan fingerprint density at radius 3 is 3.00 bits per heavy atom. The molecule has 6 nitrogen and oxygen atoms in total. The van der Waals surface area contributed by atoms with E-state index in [0.717, 1.165) is 0 Å². The zero-order valence-corrected chi connectivity index (χ0v) is 8.12. The summed E-state index contributed by atoms with van der Waals surface area (Å²) in [5, 5.41) is 6.31. The maximum absolute atomic E-state index is 11.1. The van der Waals surface area contributed by atoms with E-state index < -0.39 is 0 Å². The average molecular weight is 198 g/mol. The van der Waals surface area contributed by atoms with Gasteiger partial charge in [-0.1, -0.05) is 5.16 Å². The second kappa shape index (κ2) is 5.33. The number of carbonyl (C=O) groups excluding carboxylic acids is 1. The summed E-state index contributed by atoms with van der Waals surface area (Å²) in [7, 11) is 0. The van der Waals surface area contributed by atoms with Crippen LogP contribution >= 0.6 is 0 Å². The monoisotopic (exact) mass is 198 g/mol. The smallest absolute Gasteiger partial charge is 0.223 e. The van der Waals surface area contributed by atoms with E-state index >= 15 is 0 Å². The predicted molar refractivity (Wildman–Crippen MR) is 49.2 cm³/mol. The summed E-state index contributed by atoms with van der Waals surface area (Å²) in [4.78, 5) is 15.1. The molecule has 1 amide bonds. The lowest BCUT2D eigenvalue weighted by atomic mass is 10.3. The minimum Gasteiger partial charge on any atom is -0.349 e. The van der Waals surface area contributed by atoms with Crippen molar-refractivity contribution in [2.24, 2.45) is 5.73 Å². The first-order valence-corrected chi connectivity index (χ1v) is 4.48. The van der Waals surface area contributed by atoms with Crippen LogP contribution in [0, 0.1) is 6.92 Å². The van der Waals surface area contributed by atoms with Crippen molar-refractivity contribution in [2.75, 3.05) is 6.54 Å². The molecule has 0 aliphatic rings. The molecule has 0 aliphatic carbocycles. The Morgan fingerprint density at radius 1 is 1.64 bits per heavy atom. The van der Waals surface area contributed by atoms with Crippen molar-refractivity contribution >= 4 is 5.91 Å². The molecule has 0 bridgehead atoms. The van der Waals surface area contributed by atoms with Crippen molar-refractivity contribution in [1.82, 2.24) is 15.5 Å². The average Bonchev–Trinajstić information content (AvgIpc) is 2.58. The largest absolute Gasteiger partial charge is 0.349 e. The Labute approximate surface area is 81.9 Å². The molecular weight excluding hydrogens is 184 g/mol. The molecule has 78 valence electrons. The molecule has 0 aromatic carbocycles. The highest BCUT2D eigenvalue weighted by molar-refractivity contribution is 5.75. The van der Waals surface area contributed by atoms with E-state index in [0.29, 0.717) is 37.6 Å². The van der Waals surface area contributed by atoms with Gasteiger partial charge in [0, 0.05) is 13.3 Å². The lowest BCUT2D eigenvalue weighted by Crippen LogP contribution is -2.23. The molecule has 0 fully saturated rings. The van der Waals surface area contributed by atoms with Crippen LogP contribution < -0.4 is 11.1 Å². The van der Waals surface area contributed by atoms with Crippen LogP contribution in [0.15, 0.2) is 4.52 Å². The van der Waals surface area contributed by atoms with Gasteiger partial charge in [-0.3, -0.25) is 4.79 Å². The molecule has 0 aliphatic heterocycles. The summed E-state index contributed by atoms with van der Waals surface area (Å²) >= 11 is 0. The van der Waals surface area contributed by atoms with Gasteiger partial charge in [0.1, 0.15) is 0 Å². The van der Waals surface area contributed by atoms with E-state index in [1.165, 1.54) is 0 Å². The van der Waals surface area contributed by atoms with Gasteiger partial charge in [-0.2, -0.15) is 4.98 Å². The number of hydrogen-bond donors (Lipinski definition) is 2. The summed E-state index contributed by atoms with van der Waals surface area (Å²) in [5.41, 5.74) is 5.27. The maximum atomic E-state index is 11.1. The van der Waals surface area contributed by atoms with Gasteiger partial charge < -0.3 is 15.6 Å². The van der Waals surface area contributed by atoms with Gasteiger partial charge in [-0.25, -0.2) is 0 Å². The zero-order chi connectivity index (χ0) is 10.4. The number of carbonyl (C=O) groups is 1. The first-order chi connectivity index (χ1) is 6.72. The standard InChI is InChI=1S/C8H14N4O2/c1-6-11-7(12-14-6)5-10-8(13)3-2-4-9/h2-5,9H2,1H3,(H,10,13). The van der Waals surface area contributed by atoms with Crippen LogP contribution in [0.2, 0.25) is 0 Å². The Morgan fingerprint density at radius 2 is 2.43 bits per heavy atom. The normalized spacial score (nSPS) is 10.1. The Kier molecular flexibility index (Phi) is 4.06. The molecule has 3 N–H and O–H groups in total. The number of nitrogens with zero attached hydrogens (tertiary/aromatic N) is 2. The minimum atomic E-state index is -0.0436. The van der Waals surface area contributed by atoms with E-state index in [1.807, 2.05) is 0 Å². The van der Waals surface area contributed by atoms with Crippen LogP contribution in [0.5, 0.6) is 0 Å². The second-order valence-electron chi connectivity index (χ2n) is 2.90. The second-order valence-corrected chi connectivity index (χ2v) is 2.90. The summed E-state index contributed by atoms with van der Waals surface area (Å²) in [5.74, 6) is 0.942. The molecule has 1 rings (SSSR count). The van der Waals surface area contributed by atoms with Crippen LogP contribution in [-0.4, -0.2) is 22.6 Å². The van der Waals surface area contributed by atoms with Crippen LogP contribution in [-0.2, 0) is 11.3 Å². The first kappa shape index (κ1) is 10.6. The quantitative estimate of drug-likeness (QED) is 0.679. The zero-order valence-electron chi connectivity index (χ0n) is 8.12. The van der Waals surface area contributed by atoms with Crippen molar-refractivity contribution < 1.29 is 9.32 Å². The fraction of sp³-hybridized carbons (Fsp3) is 0.625.